The number of aryl methyl sites for hydroxylation is 1. The first kappa shape index (κ1) is 45.5. The minimum Gasteiger partial charge on any atom is -0.506 e. The molecule has 2 aromatic heterocycles. The maximum Gasteiger partial charge on any atom is 0.347 e. The third-order valence-electron chi connectivity index (χ3n) is 12.3. The molecular formula is C53H53N5O8. The van der Waals surface area contributed by atoms with Crippen LogP contribution in [-0.4, -0.2) is 80.3 Å². The number of fused-ring (bicyclic) bond motifs is 1. The van der Waals surface area contributed by atoms with Gasteiger partial charge in [0.25, 0.3) is 0 Å². The van der Waals surface area contributed by atoms with Crippen LogP contribution < -0.4 is 15.6 Å². The van der Waals surface area contributed by atoms with E-state index in [1.54, 1.807) is 79.0 Å². The Bertz CT molecular complexity index is 2850. The number of esters is 1. The molecule has 5 N–H and O–H groups in total. The van der Waals surface area contributed by atoms with Crippen LogP contribution in [0.1, 0.15) is 69.2 Å². The van der Waals surface area contributed by atoms with Gasteiger partial charge in [0, 0.05) is 71.7 Å². The maximum atomic E-state index is 14.0. The zero-order chi connectivity index (χ0) is 46.0. The van der Waals surface area contributed by atoms with E-state index in [1.165, 1.54) is 24.8 Å². The van der Waals surface area contributed by atoms with Crippen molar-refractivity contribution in [2.24, 2.45) is 5.92 Å². The SMILES string of the molecule is COc1cc(C(=O)CCc2ccnc(-c3cccc([C@](O)(C(=O)OCC4CCN(Cc5ccccc5)CC4)c4ccccc4)c3)n2)ccc1CNC[C@H](O)c1ccc(O)c2[nH]c(=O)ccc12. The topological polar surface area (TPSA) is 187 Å². The fraction of sp³-hybridized carbons (Fsp3) is 0.264. The number of nitrogens with one attached hydrogen (secondary N) is 2. The summed E-state index contributed by atoms with van der Waals surface area (Å²) in [7, 11) is 1.53. The van der Waals surface area contributed by atoms with E-state index >= 15 is 0 Å². The van der Waals surface area contributed by atoms with Gasteiger partial charge in [0.15, 0.2) is 11.6 Å². The summed E-state index contributed by atoms with van der Waals surface area (Å²) in [5.41, 5.74) is 2.84. The molecule has 0 radical (unpaired) electrons. The van der Waals surface area contributed by atoms with Crippen molar-refractivity contribution in [2.75, 3.05) is 33.4 Å². The normalized spacial score (nSPS) is 14.7. The molecule has 0 bridgehead atoms. The molecule has 1 aliphatic rings. The molecule has 0 spiro atoms. The molecule has 0 unspecified atom stereocenters. The maximum absolute atomic E-state index is 14.0. The van der Waals surface area contributed by atoms with Crippen molar-refractivity contribution < 1.29 is 34.4 Å². The molecule has 1 saturated heterocycles. The molecule has 3 heterocycles. The van der Waals surface area contributed by atoms with E-state index in [9.17, 15) is 29.7 Å². The molecule has 13 nitrogen and oxygen atoms in total. The highest BCUT2D eigenvalue weighted by Crippen LogP contribution is 2.34. The average Bonchev–Trinajstić information content (AvgIpc) is 3.36. The first-order chi connectivity index (χ1) is 32.1. The molecule has 0 saturated carbocycles. The van der Waals surface area contributed by atoms with E-state index in [4.69, 9.17) is 14.5 Å². The van der Waals surface area contributed by atoms with E-state index in [2.05, 4.69) is 44.5 Å². The van der Waals surface area contributed by atoms with E-state index < -0.39 is 17.7 Å². The van der Waals surface area contributed by atoms with Crippen LogP contribution in [0.5, 0.6) is 11.5 Å². The number of aliphatic hydroxyl groups is 2. The second-order valence-electron chi connectivity index (χ2n) is 16.7. The third-order valence-corrected chi connectivity index (χ3v) is 12.3. The molecule has 0 aliphatic carbocycles. The van der Waals surface area contributed by atoms with E-state index in [1.807, 2.05) is 24.3 Å². The molecular weight excluding hydrogens is 835 g/mol. The third kappa shape index (κ3) is 10.6. The van der Waals surface area contributed by atoms with Crippen LogP contribution in [0.25, 0.3) is 22.3 Å². The highest BCUT2D eigenvalue weighted by atomic mass is 16.5. The Morgan fingerprint density at radius 3 is 2.42 bits per heavy atom. The molecule has 13 heteroatoms. The molecule has 1 fully saturated rings. The number of aromatic hydroxyl groups is 1. The second-order valence-corrected chi connectivity index (χ2v) is 16.7. The number of pyridine rings is 1. The van der Waals surface area contributed by atoms with Crippen LogP contribution in [0.4, 0.5) is 0 Å². The summed E-state index contributed by atoms with van der Waals surface area (Å²) in [6.45, 7) is 3.41. The summed E-state index contributed by atoms with van der Waals surface area (Å²) in [5.74, 6) is 0.144. The van der Waals surface area contributed by atoms with Gasteiger partial charge in [0.05, 0.1) is 25.3 Å². The zero-order valence-electron chi connectivity index (χ0n) is 36.7. The van der Waals surface area contributed by atoms with Gasteiger partial charge in [-0.2, -0.15) is 0 Å². The van der Waals surface area contributed by atoms with Gasteiger partial charge in [-0.05, 0) is 85.3 Å². The molecule has 2 atom stereocenters. The first-order valence-electron chi connectivity index (χ1n) is 22.2. The molecule has 0 amide bonds. The van der Waals surface area contributed by atoms with Crippen molar-refractivity contribution in [3.63, 3.8) is 0 Å². The lowest BCUT2D eigenvalue weighted by atomic mass is 9.85. The molecule has 8 rings (SSSR count). The summed E-state index contributed by atoms with van der Waals surface area (Å²) in [4.78, 5) is 53.6. The fourth-order valence-corrected chi connectivity index (χ4v) is 8.54. The number of carbonyl (C=O) groups excluding carboxylic acids is 2. The number of piperidine rings is 1. The number of ketones is 1. The summed E-state index contributed by atoms with van der Waals surface area (Å²) < 4.78 is 11.6. The fourth-order valence-electron chi connectivity index (χ4n) is 8.54. The van der Waals surface area contributed by atoms with Gasteiger partial charge in [-0.3, -0.25) is 14.5 Å². The van der Waals surface area contributed by atoms with Gasteiger partial charge in [0.1, 0.15) is 11.5 Å². The van der Waals surface area contributed by atoms with E-state index in [-0.39, 0.29) is 48.1 Å². The number of rotatable bonds is 18. The van der Waals surface area contributed by atoms with Crippen LogP contribution in [0.2, 0.25) is 0 Å². The van der Waals surface area contributed by atoms with Crippen LogP contribution in [0, 0.1) is 5.92 Å². The Labute approximate surface area is 382 Å². The van der Waals surface area contributed by atoms with Crippen molar-refractivity contribution in [3.05, 3.63) is 189 Å². The van der Waals surface area contributed by atoms with Crippen LogP contribution in [0.15, 0.2) is 144 Å². The number of carbonyl (C=O) groups is 2. The number of H-pyrrole nitrogens is 1. The highest BCUT2D eigenvalue weighted by Gasteiger charge is 2.42. The van der Waals surface area contributed by atoms with Gasteiger partial charge in [-0.1, -0.05) is 97.1 Å². The van der Waals surface area contributed by atoms with Crippen molar-refractivity contribution >= 4 is 22.7 Å². The Kier molecular flexibility index (Phi) is 14.4. The lowest BCUT2D eigenvalue weighted by Gasteiger charge is -2.33. The monoisotopic (exact) mass is 887 g/mol. The molecule has 5 aromatic carbocycles. The van der Waals surface area contributed by atoms with Crippen molar-refractivity contribution in [1.82, 2.24) is 25.2 Å². The standard InChI is InChI=1S/C53H53N5O8/c1-65-48-30-37(15-16-39(48)31-54-32-47(61)43-18-21-46(60)50-44(43)19-22-49(62)57-50)45(59)20-17-42-23-26-55-51(56-42)38-11-8-14-41(29-38)53(64,40-12-6-3-7-13-40)52(63)66-34-36-24-27-58(28-25-36)33-35-9-4-2-5-10-35/h2-16,18-19,21-23,26,29-30,36,47,54,60-61,64H,17,20,24-25,27-28,31-34H2,1H3,(H,57,62)/t47-,53-/m0/s1. The largest absolute Gasteiger partial charge is 0.506 e. The van der Waals surface area contributed by atoms with Crippen LogP contribution >= 0.6 is 0 Å². The Morgan fingerprint density at radius 1 is 0.894 bits per heavy atom. The van der Waals surface area contributed by atoms with E-state index in [0.29, 0.717) is 63.4 Å². The minimum absolute atomic E-state index is 0.0821. The molecule has 338 valence electrons. The molecule has 66 heavy (non-hydrogen) atoms. The number of phenolic OH excluding ortho intramolecular Hbond substituents is 1. The number of hydrogen-bond acceptors (Lipinski definition) is 12. The number of benzene rings is 5. The number of likely N-dealkylation sites (tertiary alicyclic amines) is 1. The molecule has 1 aliphatic heterocycles. The number of ether oxygens (including phenoxy) is 2. The zero-order valence-corrected chi connectivity index (χ0v) is 36.7. The predicted octanol–water partition coefficient (Wildman–Crippen LogP) is 7.03. The summed E-state index contributed by atoms with van der Waals surface area (Å²) >= 11 is 0. The van der Waals surface area contributed by atoms with Gasteiger partial charge in [-0.25, -0.2) is 14.8 Å². The van der Waals surface area contributed by atoms with Gasteiger partial charge < -0.3 is 35.1 Å². The van der Waals surface area contributed by atoms with Crippen LogP contribution in [0.3, 0.4) is 0 Å². The summed E-state index contributed by atoms with van der Waals surface area (Å²) in [6, 6.07) is 39.2. The highest BCUT2D eigenvalue weighted by molar-refractivity contribution is 5.96. The Balaban J connectivity index is 0.887. The van der Waals surface area contributed by atoms with Crippen molar-refractivity contribution in [1.29, 1.82) is 0 Å². The first-order valence-corrected chi connectivity index (χ1v) is 22.2. The number of Topliss-reactive ketones (excluding diaryl/α,β-unsaturated/α-hetero) is 1. The van der Waals surface area contributed by atoms with Crippen LogP contribution in [-0.2, 0) is 34.6 Å². The summed E-state index contributed by atoms with van der Waals surface area (Å²) in [5, 5.41) is 37.3. The van der Waals surface area contributed by atoms with Gasteiger partial charge in [-0.15, -0.1) is 0 Å². The number of aliphatic hydroxyl groups excluding tert-OH is 1. The number of aromatic amines is 1. The smallest absolute Gasteiger partial charge is 0.347 e. The number of aromatic nitrogens is 3. The van der Waals surface area contributed by atoms with Gasteiger partial charge in [0.2, 0.25) is 11.2 Å². The lowest BCUT2D eigenvalue weighted by Crippen LogP contribution is -2.40. The number of phenols is 1. The average molecular weight is 888 g/mol. The van der Waals surface area contributed by atoms with Gasteiger partial charge >= 0.3 is 5.97 Å². The quantitative estimate of drug-likeness (QED) is 0.0438. The Hall–Kier alpha value is -7.03. The number of methoxy groups -OCH3 is 1. The Morgan fingerprint density at radius 2 is 1.65 bits per heavy atom. The minimum atomic E-state index is -2.09. The van der Waals surface area contributed by atoms with E-state index in [0.717, 1.165) is 38.0 Å². The number of hydrogen-bond donors (Lipinski definition) is 5. The number of nitrogens with zero attached hydrogens (tertiary/aromatic N) is 3. The van der Waals surface area contributed by atoms with Crippen molar-refractivity contribution in [2.45, 2.75) is 50.5 Å². The predicted molar refractivity (Wildman–Crippen MR) is 251 cm³/mol. The molecule has 7 aromatic rings. The summed E-state index contributed by atoms with van der Waals surface area (Å²) in [6.07, 6.45) is 2.97. The van der Waals surface area contributed by atoms with Crippen molar-refractivity contribution in [3.8, 4) is 22.9 Å². The second kappa shape index (κ2) is 20.9. The lowest BCUT2D eigenvalue weighted by molar-refractivity contribution is -0.164.